The second-order valence-corrected chi connectivity index (χ2v) is 53.5. The van der Waals surface area contributed by atoms with Crippen LogP contribution in [0, 0.1) is 54.2 Å². The Morgan fingerprint density at radius 1 is 0.357 bits per heavy atom. The Kier molecular flexibility index (Phi) is 24.3. The van der Waals surface area contributed by atoms with E-state index in [0.717, 1.165) is 54.7 Å². The van der Waals surface area contributed by atoms with Crippen LogP contribution < -0.4 is 20.7 Å². The summed E-state index contributed by atoms with van der Waals surface area (Å²) in [5, 5.41) is 36.3. The predicted molar refractivity (Wildman–Crippen MR) is 431 cm³/mol. The predicted octanol–water partition coefficient (Wildman–Crippen LogP) is 23.0. The molecule has 98 heavy (non-hydrogen) atoms. The molecule has 0 bridgehead atoms. The van der Waals surface area contributed by atoms with Crippen LogP contribution in [0.4, 0.5) is 8.78 Å². The Morgan fingerprint density at radius 2 is 0.602 bits per heavy atom. The van der Waals surface area contributed by atoms with Gasteiger partial charge in [0.2, 0.25) is 0 Å². The third-order valence-corrected chi connectivity index (χ3v) is 49.9. The van der Waals surface area contributed by atoms with Crippen LogP contribution >= 0.6 is 0 Å². The minimum atomic E-state index is -2.02. The third kappa shape index (κ3) is 13.5. The van der Waals surface area contributed by atoms with E-state index in [0.29, 0.717) is 120 Å². The summed E-state index contributed by atoms with van der Waals surface area (Å²) in [4.78, 5) is 0. The number of rotatable bonds is 22. The number of nitrogens with zero attached hydrogens (tertiary/aromatic N) is 2. The number of aromatic nitrogens is 2. The molecule has 2 aromatic heterocycles. The van der Waals surface area contributed by atoms with Gasteiger partial charge in [-0.1, -0.05) is 206 Å². The van der Waals surface area contributed by atoms with Gasteiger partial charge >= 0.3 is 0 Å². The van der Waals surface area contributed by atoms with E-state index in [9.17, 15) is 10.2 Å². The van der Waals surface area contributed by atoms with Crippen LogP contribution in [-0.2, 0) is 25.8 Å². The monoisotopic (exact) mass is 1560 g/mol. The molecule has 0 unspecified atom stereocenters. The van der Waals surface area contributed by atoms with Crippen molar-refractivity contribution in [3.05, 3.63) is 170 Å². The summed E-state index contributed by atoms with van der Waals surface area (Å²) >= 11 is 0. The second-order valence-electron chi connectivity index (χ2n) is 31.7. The molecule has 0 fully saturated rings. The van der Waals surface area contributed by atoms with Crippen LogP contribution in [0.15, 0.2) is 121 Å². The first-order chi connectivity index (χ1) is 44.5. The number of phenolic OH excluding ortho intramolecular Hbond substituents is 2. The van der Waals surface area contributed by atoms with Gasteiger partial charge in [0.25, 0.3) is 11.5 Å². The molecule has 10 aromatic rings. The van der Waals surface area contributed by atoms with Crippen molar-refractivity contribution in [3.8, 4) is 56.6 Å². The Labute approximate surface area is 610 Å². The molecule has 6 nitrogen and oxygen atoms in total. The molecule has 13 heteroatoms. The van der Waals surface area contributed by atoms with E-state index < -0.39 is 43.9 Å². The van der Waals surface area contributed by atoms with Gasteiger partial charge in [0, 0.05) is 69.6 Å². The number of aliphatic hydroxyl groups is 2. The van der Waals surface area contributed by atoms with E-state index in [4.69, 9.17) is 9.47 Å². The third-order valence-electron chi connectivity index (χ3n) is 24.5. The van der Waals surface area contributed by atoms with Crippen molar-refractivity contribution < 1.29 is 54.3 Å². The number of fused-ring (bicyclic) bond motifs is 6. The maximum Gasteiger partial charge on any atom is 0.265 e. The van der Waals surface area contributed by atoms with Gasteiger partial charge in [0.15, 0.2) is 13.2 Å². The first kappa shape index (κ1) is 79.5. The van der Waals surface area contributed by atoms with Crippen LogP contribution in [0.5, 0.6) is 23.0 Å². The summed E-state index contributed by atoms with van der Waals surface area (Å²) in [5.41, 5.74) is 14.8. The van der Waals surface area contributed by atoms with Gasteiger partial charge in [-0.05, 0) is 156 Å². The summed E-state index contributed by atoms with van der Waals surface area (Å²) < 4.78 is 47.3. The van der Waals surface area contributed by atoms with Crippen molar-refractivity contribution in [3.63, 3.8) is 0 Å². The number of halogens is 2. The minimum Gasteiger partial charge on any atom is -0.582 e. The largest absolute Gasteiger partial charge is 0.582 e. The van der Waals surface area contributed by atoms with Crippen molar-refractivity contribution in [2.24, 2.45) is 0 Å². The SMILES string of the molecule is Cc1cc(-c2cc(F)cc(C)c2[OH+]CCC[OH+]c2c(C)cc(F)cc2-c2cc(C)cc(-n3c4cc([Si](C)(C(C)C)C(C)C)ccc4c4ccc([Si](C)(C(C)C)C(C)C)cc43)c2O)c(O)c(-n2c3cc([Si](C)(C(C)C)C(C)C)ccc3c3ccc([Si](C)(C(C)C)C(C)C)cc32)c1.[CH3-].[CH3-].[Hf]. The van der Waals surface area contributed by atoms with Gasteiger partial charge in [0.05, 0.1) is 76.9 Å². The summed E-state index contributed by atoms with van der Waals surface area (Å²) in [6.45, 7) is 56.6. The summed E-state index contributed by atoms with van der Waals surface area (Å²) in [6.07, 6.45) is 0.522. The zero-order valence-electron chi connectivity index (χ0n) is 64.2. The Balaban J connectivity index is 0.00000451. The Bertz CT molecular complexity index is 4090. The molecule has 8 aromatic carbocycles. The minimum absolute atomic E-state index is 0. The van der Waals surface area contributed by atoms with Crippen LogP contribution in [0.3, 0.4) is 0 Å². The van der Waals surface area contributed by atoms with E-state index >= 15 is 8.78 Å². The van der Waals surface area contributed by atoms with Crippen molar-refractivity contribution >= 4 is 96.7 Å². The first-order valence-corrected chi connectivity index (χ1v) is 46.0. The fourth-order valence-electron chi connectivity index (χ4n) is 16.3. The van der Waals surface area contributed by atoms with Gasteiger partial charge in [-0.15, -0.1) is 0 Å². The molecular formula is C85H116F2HfN2O4Si4. The maximum absolute atomic E-state index is 16.1. The second kappa shape index (κ2) is 30.0. The summed E-state index contributed by atoms with van der Waals surface area (Å²) in [6, 6.07) is 42.6. The fraction of sp³-hybridized carbons (Fsp3) is 0.412. The Hall–Kier alpha value is -5.84. The molecule has 4 N–H and O–H groups in total. The van der Waals surface area contributed by atoms with Crippen molar-refractivity contribution in [2.45, 2.75) is 215 Å². The smallest absolute Gasteiger partial charge is 0.265 e. The normalized spacial score (nSPS) is 12.7. The van der Waals surface area contributed by atoms with Gasteiger partial charge in [-0.25, -0.2) is 8.78 Å². The van der Waals surface area contributed by atoms with E-state index in [1.807, 2.05) is 26.0 Å². The van der Waals surface area contributed by atoms with E-state index in [-0.39, 0.29) is 52.2 Å². The number of aromatic hydroxyl groups is 4. The van der Waals surface area contributed by atoms with Gasteiger partial charge in [-0.2, -0.15) is 0 Å². The van der Waals surface area contributed by atoms with Crippen LogP contribution in [0.1, 0.15) is 139 Å². The molecule has 2 heterocycles. The van der Waals surface area contributed by atoms with Crippen molar-refractivity contribution in [1.82, 2.24) is 9.13 Å². The van der Waals surface area contributed by atoms with Crippen LogP contribution in [0.2, 0.25) is 70.5 Å². The molecule has 10 rings (SSSR count). The molecule has 0 spiro atoms. The standard InChI is InChI=1S/C83H108F2N2O4Si4.2CH3.Hf/c1-48(2)92(21,49(3)4)62-26-30-66-67-31-27-63(93(22,50(5)6)51(7)8)45-75(67)86(74(66)44-62)78-38-56(17)36-70(80(78)88)72-42-60(84)40-58(19)82(72)90-34-25-35-91-83-59(20)41-61(85)43-73(83)71-37-57(18)39-79(81(71)89)87-76-46-64(94(23,52(9)10)53(11)12)28-32-68(76)69-33-29-65(47-77(69)87)95(24,54(13)14)55(15)16;;;/h26-33,36-55,88-89H,25,34-35H2,1-24H3;2*1H3;/q;2*-1;/p+2. The van der Waals surface area contributed by atoms with Gasteiger partial charge < -0.3 is 43.7 Å². The first-order valence-electron chi connectivity index (χ1n) is 35.4. The molecular weight excluding hydrogens is 1440 g/mol. The number of aryl methyl sites for hydroxylation is 4. The number of ether oxygens (including phenoxy) is 2. The average molecular weight is 1560 g/mol. The molecule has 524 valence electrons. The number of hydrogen-bond donors (Lipinski definition) is 2. The average Bonchev–Trinajstić information content (AvgIpc) is 1.53. The molecule has 0 aliphatic heterocycles. The molecule has 0 saturated carbocycles. The van der Waals surface area contributed by atoms with Crippen LogP contribution in [-0.4, -0.2) is 74.3 Å². The maximum atomic E-state index is 16.1. The fourth-order valence-corrected chi connectivity index (χ4v) is 30.5. The quantitative estimate of drug-likeness (QED) is 0.0307. The molecule has 0 saturated heterocycles. The van der Waals surface area contributed by atoms with Gasteiger partial charge in [0.1, 0.15) is 29.6 Å². The van der Waals surface area contributed by atoms with E-state index in [1.54, 1.807) is 0 Å². The topological polar surface area (TPSA) is 75.9 Å². The van der Waals surface area contributed by atoms with Crippen LogP contribution in [0.25, 0.3) is 77.2 Å². The zero-order valence-corrected chi connectivity index (χ0v) is 71.8. The summed E-state index contributed by atoms with van der Waals surface area (Å²) in [7, 11) is -8.08. The molecule has 0 atom stereocenters. The number of phenols is 2. The number of hydrogen-bond acceptors (Lipinski definition) is 2. The number of benzene rings is 8. The van der Waals surface area contributed by atoms with E-state index in [1.165, 1.54) is 45.0 Å². The molecule has 0 aliphatic rings. The molecule has 0 aliphatic carbocycles. The van der Waals surface area contributed by atoms with Crippen molar-refractivity contribution in [2.75, 3.05) is 13.2 Å². The van der Waals surface area contributed by atoms with Gasteiger partial charge in [-0.3, -0.25) is 0 Å². The Morgan fingerprint density at radius 3 is 0.837 bits per heavy atom. The van der Waals surface area contributed by atoms with E-state index in [2.05, 4.69) is 245 Å². The van der Waals surface area contributed by atoms with Crippen molar-refractivity contribution in [1.29, 1.82) is 0 Å². The summed E-state index contributed by atoms with van der Waals surface area (Å²) in [5.74, 6) is 0.545. The molecule has 0 radical (unpaired) electrons. The molecule has 0 amide bonds. The zero-order chi connectivity index (χ0) is 69.6.